The van der Waals surface area contributed by atoms with E-state index in [1.165, 1.54) is 16.2 Å². The van der Waals surface area contributed by atoms with Crippen LogP contribution < -0.4 is 0 Å². The molecule has 216 valence electrons. The van der Waals surface area contributed by atoms with Gasteiger partial charge in [-0.25, -0.2) is 9.97 Å². The van der Waals surface area contributed by atoms with Gasteiger partial charge in [-0.15, -0.1) is 0 Å². The summed E-state index contributed by atoms with van der Waals surface area (Å²) in [6.45, 7) is 0. The Morgan fingerprint density at radius 3 is 1.89 bits per heavy atom. The molecule has 4 aromatic carbocycles. The lowest BCUT2D eigenvalue weighted by atomic mass is 10.1. The Kier molecular flexibility index (Phi) is 6.03. The SMILES string of the molecule is c1ccc(-n2ccc3ccc4c5ccccc5n(-c5cccc(-c6nc(-c7ccccn7)cc(-c7ccccn7)n6)c5)c4c32)cc1. The minimum atomic E-state index is 0.615. The van der Waals surface area contributed by atoms with Gasteiger partial charge in [0.2, 0.25) is 0 Å². The van der Waals surface area contributed by atoms with Crippen molar-refractivity contribution in [2.75, 3.05) is 0 Å². The van der Waals surface area contributed by atoms with Crippen LogP contribution in [0.15, 0.2) is 158 Å². The molecule has 6 heteroatoms. The topological polar surface area (TPSA) is 61.4 Å². The Hall–Kier alpha value is -6.40. The highest BCUT2D eigenvalue weighted by atomic mass is 15.0. The molecular weight excluding hydrogens is 564 g/mol. The van der Waals surface area contributed by atoms with E-state index in [1.54, 1.807) is 12.4 Å². The molecule has 0 aliphatic heterocycles. The second-order valence-electron chi connectivity index (χ2n) is 11.2. The van der Waals surface area contributed by atoms with Crippen molar-refractivity contribution in [1.29, 1.82) is 0 Å². The zero-order chi connectivity index (χ0) is 30.5. The highest BCUT2D eigenvalue weighted by molar-refractivity contribution is 6.18. The van der Waals surface area contributed by atoms with E-state index in [2.05, 4.69) is 122 Å². The Morgan fingerprint density at radius 1 is 0.457 bits per heavy atom. The van der Waals surface area contributed by atoms with Crippen molar-refractivity contribution in [1.82, 2.24) is 29.1 Å². The van der Waals surface area contributed by atoms with Gasteiger partial charge in [-0.1, -0.05) is 72.8 Å². The van der Waals surface area contributed by atoms with Crippen LogP contribution in [0.25, 0.3) is 78.2 Å². The molecule has 0 bridgehead atoms. The molecule has 9 aromatic rings. The summed E-state index contributed by atoms with van der Waals surface area (Å²) in [6.07, 6.45) is 5.73. The van der Waals surface area contributed by atoms with Crippen LogP contribution in [0.5, 0.6) is 0 Å². The Labute approximate surface area is 264 Å². The molecule has 6 nitrogen and oxygen atoms in total. The van der Waals surface area contributed by atoms with Gasteiger partial charge in [0, 0.05) is 51.7 Å². The maximum Gasteiger partial charge on any atom is 0.160 e. The van der Waals surface area contributed by atoms with Crippen molar-refractivity contribution in [2.45, 2.75) is 0 Å². The zero-order valence-corrected chi connectivity index (χ0v) is 24.7. The van der Waals surface area contributed by atoms with Crippen LogP contribution in [-0.4, -0.2) is 29.1 Å². The molecule has 0 aliphatic carbocycles. The standard InChI is InChI=1S/C40H26N6/c1-2-12-29(13-3-1)45-24-21-27-19-20-32-31-15-4-5-18-37(31)46(39(32)38(27)45)30-14-10-11-28(25-30)40-43-35(33-16-6-8-22-41-33)26-36(44-40)34-17-7-9-23-42-34/h1-26H. The maximum absolute atomic E-state index is 5.03. The molecule has 0 atom stereocenters. The second-order valence-corrected chi connectivity index (χ2v) is 11.2. The van der Waals surface area contributed by atoms with Gasteiger partial charge in [-0.05, 0) is 66.7 Å². The number of pyridine rings is 2. The van der Waals surface area contributed by atoms with Crippen LogP contribution in [0.2, 0.25) is 0 Å². The first kappa shape index (κ1) is 26.0. The number of para-hydroxylation sites is 2. The highest BCUT2D eigenvalue weighted by Gasteiger charge is 2.19. The van der Waals surface area contributed by atoms with Gasteiger partial charge < -0.3 is 9.13 Å². The molecule has 9 rings (SSSR count). The molecule has 0 saturated carbocycles. The lowest BCUT2D eigenvalue weighted by molar-refractivity contribution is 1.11. The van der Waals surface area contributed by atoms with Gasteiger partial charge in [0.25, 0.3) is 0 Å². The smallest absolute Gasteiger partial charge is 0.160 e. The van der Waals surface area contributed by atoms with Crippen LogP contribution >= 0.6 is 0 Å². The minimum Gasteiger partial charge on any atom is -0.315 e. The number of benzene rings is 4. The third-order valence-electron chi connectivity index (χ3n) is 8.46. The highest BCUT2D eigenvalue weighted by Crippen LogP contribution is 2.38. The Morgan fingerprint density at radius 2 is 1.15 bits per heavy atom. The quantitative estimate of drug-likeness (QED) is 0.200. The van der Waals surface area contributed by atoms with Crippen LogP contribution in [0.3, 0.4) is 0 Å². The van der Waals surface area contributed by atoms with Gasteiger partial charge >= 0.3 is 0 Å². The Balaban J connectivity index is 1.30. The van der Waals surface area contributed by atoms with E-state index in [9.17, 15) is 0 Å². The summed E-state index contributed by atoms with van der Waals surface area (Å²) in [5.41, 5.74) is 9.58. The lowest BCUT2D eigenvalue weighted by Gasteiger charge is -2.13. The van der Waals surface area contributed by atoms with Crippen LogP contribution in [0.1, 0.15) is 0 Å². The molecule has 0 spiro atoms. The number of hydrogen-bond donors (Lipinski definition) is 0. The van der Waals surface area contributed by atoms with Crippen molar-refractivity contribution in [3.05, 3.63) is 158 Å². The summed E-state index contributed by atoms with van der Waals surface area (Å²) in [5, 5.41) is 3.59. The third-order valence-corrected chi connectivity index (χ3v) is 8.46. The second kappa shape index (κ2) is 10.6. The van der Waals surface area contributed by atoms with Gasteiger partial charge in [0.15, 0.2) is 5.82 Å². The van der Waals surface area contributed by atoms with Gasteiger partial charge in [0.1, 0.15) is 0 Å². The number of fused-ring (bicyclic) bond motifs is 5. The first-order valence-electron chi connectivity index (χ1n) is 15.2. The van der Waals surface area contributed by atoms with E-state index < -0.39 is 0 Å². The third kappa shape index (κ3) is 4.27. The summed E-state index contributed by atoms with van der Waals surface area (Å²) >= 11 is 0. The number of nitrogens with zero attached hydrogens (tertiary/aromatic N) is 6. The minimum absolute atomic E-state index is 0.615. The van der Waals surface area contributed by atoms with Crippen molar-refractivity contribution in [3.8, 4) is 45.5 Å². The molecule has 0 N–H and O–H groups in total. The van der Waals surface area contributed by atoms with E-state index in [1.807, 2.05) is 42.5 Å². The van der Waals surface area contributed by atoms with Gasteiger partial charge in [-0.2, -0.15) is 0 Å². The molecule has 0 aliphatic rings. The van der Waals surface area contributed by atoms with Gasteiger partial charge in [0.05, 0.1) is 39.3 Å². The average Bonchev–Trinajstić information content (AvgIpc) is 3.72. The summed E-state index contributed by atoms with van der Waals surface area (Å²) in [5.74, 6) is 0.615. The number of aromatic nitrogens is 6. The van der Waals surface area contributed by atoms with Crippen LogP contribution in [0.4, 0.5) is 0 Å². The van der Waals surface area contributed by atoms with Crippen molar-refractivity contribution < 1.29 is 0 Å². The molecule has 0 unspecified atom stereocenters. The molecule has 0 amide bonds. The molecule has 5 aromatic heterocycles. The molecular formula is C40H26N6. The lowest BCUT2D eigenvalue weighted by Crippen LogP contribution is -2.00. The fraction of sp³-hybridized carbons (Fsp3) is 0. The number of rotatable bonds is 5. The fourth-order valence-electron chi connectivity index (χ4n) is 6.40. The van der Waals surface area contributed by atoms with E-state index in [-0.39, 0.29) is 0 Å². The molecule has 0 fully saturated rings. The first-order valence-corrected chi connectivity index (χ1v) is 15.2. The molecule has 0 saturated heterocycles. The maximum atomic E-state index is 5.03. The summed E-state index contributed by atoms with van der Waals surface area (Å²) in [7, 11) is 0. The molecule has 0 radical (unpaired) electrons. The van der Waals surface area contributed by atoms with E-state index in [0.717, 1.165) is 56.3 Å². The van der Waals surface area contributed by atoms with Crippen LogP contribution in [0, 0.1) is 0 Å². The predicted octanol–water partition coefficient (Wildman–Crippen LogP) is 9.31. The van der Waals surface area contributed by atoms with E-state index in [4.69, 9.17) is 9.97 Å². The summed E-state index contributed by atoms with van der Waals surface area (Å²) < 4.78 is 4.66. The largest absolute Gasteiger partial charge is 0.315 e. The zero-order valence-electron chi connectivity index (χ0n) is 24.7. The van der Waals surface area contributed by atoms with Crippen molar-refractivity contribution in [2.24, 2.45) is 0 Å². The summed E-state index contributed by atoms with van der Waals surface area (Å²) in [6, 6.07) is 47.9. The normalized spacial score (nSPS) is 11.5. The monoisotopic (exact) mass is 590 g/mol. The average molecular weight is 591 g/mol. The van der Waals surface area contributed by atoms with Crippen molar-refractivity contribution >= 4 is 32.7 Å². The van der Waals surface area contributed by atoms with Gasteiger partial charge in [-0.3, -0.25) is 9.97 Å². The Bertz CT molecular complexity index is 2460. The predicted molar refractivity (Wildman–Crippen MR) is 185 cm³/mol. The molecule has 46 heavy (non-hydrogen) atoms. The molecule has 5 heterocycles. The van der Waals surface area contributed by atoms with Crippen LogP contribution in [-0.2, 0) is 0 Å². The number of hydrogen-bond acceptors (Lipinski definition) is 4. The van der Waals surface area contributed by atoms with E-state index >= 15 is 0 Å². The van der Waals surface area contributed by atoms with E-state index in [0.29, 0.717) is 5.82 Å². The fourth-order valence-corrected chi connectivity index (χ4v) is 6.40. The van der Waals surface area contributed by atoms with Crippen molar-refractivity contribution in [3.63, 3.8) is 0 Å². The summed E-state index contributed by atoms with van der Waals surface area (Å²) in [4.78, 5) is 19.2. The first-order chi connectivity index (χ1) is 22.8.